The van der Waals surface area contributed by atoms with E-state index in [2.05, 4.69) is 65.6 Å². The zero-order chi connectivity index (χ0) is 31.1. The van der Waals surface area contributed by atoms with Crippen LogP contribution in [0, 0.1) is 25.7 Å². The zero-order valence-electron chi connectivity index (χ0n) is 25.8. The van der Waals surface area contributed by atoms with Crippen molar-refractivity contribution in [3.05, 3.63) is 106 Å². The SMILES string of the molecule is COC(=O)c1ccccc1-n1c(C)cc([C@@H]2[C@H](c3ccccn3)NC(=S)N2c2ccc(N3C[C@H](C)C[C@@H](C)C3)c(Cl)c2)c1C. The number of methoxy groups -OCH3 is 1. The fourth-order valence-corrected chi connectivity index (χ4v) is 7.76. The number of carbonyl (C=O) groups is 1. The highest BCUT2D eigenvalue weighted by molar-refractivity contribution is 7.80. The van der Waals surface area contributed by atoms with Crippen LogP contribution in [0.1, 0.15) is 65.4 Å². The number of carbonyl (C=O) groups excluding carboxylic acids is 1. The molecule has 7 nitrogen and oxygen atoms in total. The van der Waals surface area contributed by atoms with E-state index in [1.54, 1.807) is 6.07 Å². The summed E-state index contributed by atoms with van der Waals surface area (Å²) in [5, 5.41) is 4.89. The number of nitrogens with zero attached hydrogens (tertiary/aromatic N) is 4. The van der Waals surface area contributed by atoms with Crippen molar-refractivity contribution >= 4 is 46.3 Å². The Bertz CT molecular complexity index is 1700. The standard InChI is InChI=1S/C35H38ClN5O2S/c1-21-16-22(2)20-39(19-21)31-14-13-25(18-28(31)36)41-33(32(38-35(41)44)29-11-8-9-15-37-29)27-17-23(3)40(24(27)4)30-12-7-6-10-26(30)34(42)43-5/h6-15,17-18,21-22,32-33H,16,19-20H2,1-5H3,(H,38,44)/t21-,22-,32+,33-/m1/s1. The van der Waals surface area contributed by atoms with Crippen molar-refractivity contribution in [3.8, 4) is 5.69 Å². The molecule has 0 bridgehead atoms. The smallest absolute Gasteiger partial charge is 0.339 e. The molecule has 2 aliphatic heterocycles. The molecule has 4 atom stereocenters. The molecule has 44 heavy (non-hydrogen) atoms. The number of halogens is 1. The molecule has 4 aromatic rings. The lowest BCUT2D eigenvalue weighted by Gasteiger charge is -2.37. The van der Waals surface area contributed by atoms with Gasteiger partial charge in [-0.1, -0.05) is 43.6 Å². The van der Waals surface area contributed by atoms with Gasteiger partial charge in [-0.05, 0) is 98.4 Å². The number of rotatable bonds is 6. The number of anilines is 2. The molecule has 0 saturated carbocycles. The van der Waals surface area contributed by atoms with E-state index < -0.39 is 0 Å². The second kappa shape index (κ2) is 12.3. The summed E-state index contributed by atoms with van der Waals surface area (Å²) in [5.74, 6) is 0.861. The maximum absolute atomic E-state index is 12.7. The molecular weight excluding hydrogens is 590 g/mol. The molecule has 2 saturated heterocycles. The Morgan fingerprint density at radius 2 is 1.73 bits per heavy atom. The third-order valence-corrected chi connectivity index (χ3v) is 9.47. The lowest BCUT2D eigenvalue weighted by atomic mass is 9.91. The minimum atomic E-state index is -0.376. The summed E-state index contributed by atoms with van der Waals surface area (Å²) in [6.45, 7) is 10.7. The highest BCUT2D eigenvalue weighted by Gasteiger charge is 2.42. The number of hydrogen-bond donors (Lipinski definition) is 1. The monoisotopic (exact) mass is 627 g/mol. The van der Waals surface area contributed by atoms with Crippen molar-refractivity contribution in [3.63, 3.8) is 0 Å². The topological polar surface area (TPSA) is 62.6 Å². The van der Waals surface area contributed by atoms with Crippen molar-refractivity contribution in [1.82, 2.24) is 14.9 Å². The van der Waals surface area contributed by atoms with Gasteiger partial charge in [0.25, 0.3) is 0 Å². The first-order valence-electron chi connectivity index (χ1n) is 15.1. The summed E-state index contributed by atoms with van der Waals surface area (Å²) in [6.07, 6.45) is 3.04. The Morgan fingerprint density at radius 3 is 2.41 bits per heavy atom. The third kappa shape index (κ3) is 5.46. The molecule has 0 spiro atoms. The number of para-hydroxylation sites is 1. The molecule has 2 fully saturated rings. The first kappa shape index (κ1) is 30.2. The number of nitrogens with one attached hydrogen (secondary N) is 1. The molecule has 4 heterocycles. The summed E-state index contributed by atoms with van der Waals surface area (Å²) >= 11 is 13.1. The number of thiocarbonyl (C=S) groups is 1. The quantitative estimate of drug-likeness (QED) is 0.175. The second-order valence-electron chi connectivity index (χ2n) is 12.2. The molecule has 0 aliphatic carbocycles. The Morgan fingerprint density at radius 1 is 1.00 bits per heavy atom. The molecule has 0 unspecified atom stereocenters. The van der Waals surface area contributed by atoms with E-state index >= 15 is 0 Å². The Labute approximate surface area is 269 Å². The maximum Gasteiger partial charge on any atom is 0.339 e. The molecule has 6 rings (SSSR count). The number of esters is 1. The first-order valence-corrected chi connectivity index (χ1v) is 15.9. The van der Waals surface area contributed by atoms with Gasteiger partial charge in [-0.15, -0.1) is 0 Å². The summed E-state index contributed by atoms with van der Waals surface area (Å²) in [4.78, 5) is 22.0. The van der Waals surface area contributed by atoms with Crippen LogP contribution < -0.4 is 15.1 Å². The predicted octanol–water partition coefficient (Wildman–Crippen LogP) is 7.59. The van der Waals surface area contributed by atoms with Gasteiger partial charge in [-0.3, -0.25) is 4.98 Å². The number of aromatic nitrogens is 2. The molecular formula is C35H38ClN5O2S. The van der Waals surface area contributed by atoms with Gasteiger partial charge in [0.2, 0.25) is 0 Å². The molecule has 1 N–H and O–H groups in total. The molecule has 228 valence electrons. The van der Waals surface area contributed by atoms with E-state index in [1.807, 2.05) is 48.7 Å². The number of pyridine rings is 1. The average molecular weight is 628 g/mol. The summed E-state index contributed by atoms with van der Waals surface area (Å²) in [6, 6.07) is 21.5. The van der Waals surface area contributed by atoms with E-state index in [0.29, 0.717) is 27.5 Å². The molecule has 2 aromatic carbocycles. The maximum atomic E-state index is 12.7. The van der Waals surface area contributed by atoms with Gasteiger partial charge in [0.15, 0.2) is 5.11 Å². The van der Waals surface area contributed by atoms with Crippen LogP contribution in [0.3, 0.4) is 0 Å². The van der Waals surface area contributed by atoms with Crippen molar-refractivity contribution in [2.24, 2.45) is 11.8 Å². The average Bonchev–Trinajstić information content (AvgIpc) is 3.50. The van der Waals surface area contributed by atoms with Crippen LogP contribution in [0.25, 0.3) is 5.69 Å². The summed E-state index contributed by atoms with van der Waals surface area (Å²) < 4.78 is 7.23. The van der Waals surface area contributed by atoms with Gasteiger partial charge in [0.05, 0.1) is 46.8 Å². The van der Waals surface area contributed by atoms with E-state index in [-0.39, 0.29) is 18.1 Å². The van der Waals surface area contributed by atoms with E-state index in [0.717, 1.165) is 52.8 Å². The van der Waals surface area contributed by atoms with Crippen LogP contribution in [0.4, 0.5) is 11.4 Å². The number of ether oxygens (including phenoxy) is 1. The third-order valence-electron chi connectivity index (χ3n) is 8.86. The Kier molecular flexibility index (Phi) is 8.40. The van der Waals surface area contributed by atoms with Crippen molar-refractivity contribution in [1.29, 1.82) is 0 Å². The van der Waals surface area contributed by atoms with E-state index in [4.69, 9.17) is 33.5 Å². The van der Waals surface area contributed by atoms with Gasteiger partial charge in [0, 0.05) is 36.4 Å². The van der Waals surface area contributed by atoms with Crippen molar-refractivity contribution < 1.29 is 9.53 Å². The van der Waals surface area contributed by atoms with Crippen molar-refractivity contribution in [2.45, 2.75) is 46.2 Å². The summed E-state index contributed by atoms with van der Waals surface area (Å²) in [5.41, 5.74) is 7.20. The second-order valence-corrected chi connectivity index (χ2v) is 12.9. The van der Waals surface area contributed by atoms with E-state index in [1.165, 1.54) is 13.5 Å². The highest BCUT2D eigenvalue weighted by Crippen LogP contribution is 2.45. The van der Waals surface area contributed by atoms with Crippen LogP contribution in [0.5, 0.6) is 0 Å². The minimum Gasteiger partial charge on any atom is -0.465 e. The molecule has 9 heteroatoms. The van der Waals surface area contributed by atoms with Crippen LogP contribution in [-0.2, 0) is 4.74 Å². The van der Waals surface area contributed by atoms with Crippen LogP contribution in [-0.4, -0.2) is 40.8 Å². The minimum absolute atomic E-state index is 0.212. The van der Waals surface area contributed by atoms with Gasteiger partial charge in [-0.2, -0.15) is 0 Å². The zero-order valence-corrected chi connectivity index (χ0v) is 27.3. The highest BCUT2D eigenvalue weighted by atomic mass is 35.5. The predicted molar refractivity (Wildman–Crippen MR) is 181 cm³/mol. The largest absolute Gasteiger partial charge is 0.465 e. The molecule has 0 amide bonds. The Balaban J connectivity index is 1.46. The summed E-state index contributed by atoms with van der Waals surface area (Å²) in [7, 11) is 1.41. The van der Waals surface area contributed by atoms with Gasteiger partial charge in [0.1, 0.15) is 0 Å². The van der Waals surface area contributed by atoms with Gasteiger partial charge < -0.3 is 24.4 Å². The molecule has 0 radical (unpaired) electrons. The fraction of sp³-hybridized carbons (Fsp3) is 0.343. The van der Waals surface area contributed by atoms with Gasteiger partial charge in [-0.25, -0.2) is 4.79 Å². The van der Waals surface area contributed by atoms with Crippen LogP contribution >= 0.6 is 23.8 Å². The van der Waals surface area contributed by atoms with Crippen LogP contribution in [0.2, 0.25) is 5.02 Å². The lowest BCUT2D eigenvalue weighted by Crippen LogP contribution is -2.38. The van der Waals surface area contributed by atoms with E-state index in [9.17, 15) is 4.79 Å². The number of hydrogen-bond acceptors (Lipinski definition) is 5. The number of piperidine rings is 1. The molecule has 2 aromatic heterocycles. The lowest BCUT2D eigenvalue weighted by molar-refractivity contribution is 0.0600. The number of benzene rings is 2. The Hall–Kier alpha value is -3.88. The first-order chi connectivity index (χ1) is 21.2. The molecule has 2 aliphatic rings. The van der Waals surface area contributed by atoms with Crippen LogP contribution in [0.15, 0.2) is 72.9 Å². The van der Waals surface area contributed by atoms with Crippen molar-refractivity contribution in [2.75, 3.05) is 30.0 Å². The fourth-order valence-electron chi connectivity index (χ4n) is 7.12. The number of aryl methyl sites for hydroxylation is 1. The normalized spacial score (nSPS) is 21.8. The van der Waals surface area contributed by atoms with Gasteiger partial charge >= 0.3 is 5.97 Å².